The van der Waals surface area contributed by atoms with E-state index in [-0.39, 0.29) is 18.7 Å². The maximum absolute atomic E-state index is 12.0. The van der Waals surface area contributed by atoms with E-state index in [1.54, 1.807) is 18.2 Å². The Morgan fingerprint density at radius 3 is 2.33 bits per heavy atom. The van der Waals surface area contributed by atoms with E-state index in [0.717, 1.165) is 0 Å². The van der Waals surface area contributed by atoms with Crippen LogP contribution in [0.5, 0.6) is 0 Å². The standard InChI is InChI=1S/C13H18F3N3O2/c1-2-17-10-6-5-7-11(12(10)19(20)21)18-9-4-3-8-13(14,15)16/h5-7,17-18H,2-4,8-9H2,1H3. The summed E-state index contributed by atoms with van der Waals surface area (Å²) in [6, 6.07) is 4.79. The highest BCUT2D eigenvalue weighted by Gasteiger charge is 2.26. The van der Waals surface area contributed by atoms with E-state index in [9.17, 15) is 23.3 Å². The lowest BCUT2D eigenvalue weighted by molar-refractivity contribution is -0.383. The number of hydrogen-bond acceptors (Lipinski definition) is 4. The van der Waals surface area contributed by atoms with Crippen LogP contribution in [0.1, 0.15) is 26.2 Å². The molecule has 1 aromatic rings. The molecule has 0 aromatic heterocycles. The van der Waals surface area contributed by atoms with Crippen LogP contribution in [-0.2, 0) is 0 Å². The SMILES string of the molecule is CCNc1cccc(NCCCCC(F)(F)F)c1[N+](=O)[O-]. The average molecular weight is 305 g/mol. The number of alkyl halides is 3. The van der Waals surface area contributed by atoms with Crippen molar-refractivity contribution in [2.75, 3.05) is 23.7 Å². The number of benzene rings is 1. The Morgan fingerprint density at radius 2 is 1.81 bits per heavy atom. The van der Waals surface area contributed by atoms with Crippen molar-refractivity contribution in [2.45, 2.75) is 32.4 Å². The third-order valence-corrected chi connectivity index (χ3v) is 2.79. The molecule has 8 heteroatoms. The summed E-state index contributed by atoms with van der Waals surface area (Å²) < 4.78 is 36.0. The maximum Gasteiger partial charge on any atom is 0.389 e. The number of nitrogens with zero attached hydrogens (tertiary/aromatic N) is 1. The van der Waals surface area contributed by atoms with Gasteiger partial charge in [-0.2, -0.15) is 13.2 Å². The summed E-state index contributed by atoms with van der Waals surface area (Å²) in [5.74, 6) is 0. The molecule has 0 aliphatic rings. The number of halogens is 3. The lowest BCUT2D eigenvalue weighted by Crippen LogP contribution is -2.10. The molecule has 0 amide bonds. The summed E-state index contributed by atoms with van der Waals surface area (Å²) in [7, 11) is 0. The van der Waals surface area contributed by atoms with Crippen molar-refractivity contribution in [1.29, 1.82) is 0 Å². The predicted molar refractivity (Wildman–Crippen MR) is 75.7 cm³/mol. The maximum atomic E-state index is 12.0. The topological polar surface area (TPSA) is 67.2 Å². The van der Waals surface area contributed by atoms with E-state index >= 15 is 0 Å². The van der Waals surface area contributed by atoms with Crippen LogP contribution >= 0.6 is 0 Å². The first-order valence-corrected chi connectivity index (χ1v) is 6.67. The number of nitrogens with one attached hydrogen (secondary N) is 2. The Labute approximate surface area is 120 Å². The second-order valence-electron chi connectivity index (χ2n) is 4.49. The minimum absolute atomic E-state index is 0.00278. The molecule has 0 aliphatic carbocycles. The van der Waals surface area contributed by atoms with Gasteiger partial charge in [-0.3, -0.25) is 10.1 Å². The smallest absolute Gasteiger partial charge is 0.380 e. The minimum atomic E-state index is -4.16. The summed E-state index contributed by atoms with van der Waals surface area (Å²) >= 11 is 0. The van der Waals surface area contributed by atoms with Gasteiger partial charge in [-0.25, -0.2) is 0 Å². The fraction of sp³-hybridized carbons (Fsp3) is 0.538. The van der Waals surface area contributed by atoms with Gasteiger partial charge in [0.1, 0.15) is 11.4 Å². The van der Waals surface area contributed by atoms with Crippen molar-refractivity contribution in [3.63, 3.8) is 0 Å². The quantitative estimate of drug-likeness (QED) is 0.430. The monoisotopic (exact) mass is 305 g/mol. The van der Waals surface area contributed by atoms with Crippen LogP contribution in [0.2, 0.25) is 0 Å². The van der Waals surface area contributed by atoms with Gasteiger partial charge in [0.15, 0.2) is 0 Å². The Balaban J connectivity index is 2.62. The fourth-order valence-electron chi connectivity index (χ4n) is 1.89. The highest BCUT2D eigenvalue weighted by Crippen LogP contribution is 2.32. The van der Waals surface area contributed by atoms with Crippen molar-refractivity contribution in [3.05, 3.63) is 28.3 Å². The molecule has 0 atom stereocenters. The zero-order chi connectivity index (χ0) is 15.9. The number of anilines is 2. The van der Waals surface area contributed by atoms with E-state index in [1.165, 1.54) is 0 Å². The lowest BCUT2D eigenvalue weighted by Gasteiger charge is -2.11. The van der Waals surface area contributed by atoms with Gasteiger partial charge in [-0.1, -0.05) is 6.07 Å². The van der Waals surface area contributed by atoms with Gasteiger partial charge in [-0.15, -0.1) is 0 Å². The summed E-state index contributed by atoms with van der Waals surface area (Å²) in [6.45, 7) is 2.61. The van der Waals surface area contributed by atoms with Crippen LogP contribution in [0.25, 0.3) is 0 Å². The number of para-hydroxylation sites is 1. The van der Waals surface area contributed by atoms with Crippen LogP contribution in [0.15, 0.2) is 18.2 Å². The molecule has 0 aliphatic heterocycles. The van der Waals surface area contributed by atoms with Crippen LogP contribution in [0.4, 0.5) is 30.2 Å². The Morgan fingerprint density at radius 1 is 1.19 bits per heavy atom. The second kappa shape index (κ2) is 7.70. The van der Waals surface area contributed by atoms with Crippen LogP contribution in [0, 0.1) is 10.1 Å². The third kappa shape index (κ3) is 5.88. The molecule has 0 saturated carbocycles. The van der Waals surface area contributed by atoms with Gasteiger partial charge in [0.2, 0.25) is 0 Å². The van der Waals surface area contributed by atoms with Crippen LogP contribution < -0.4 is 10.6 Å². The zero-order valence-corrected chi connectivity index (χ0v) is 11.7. The van der Waals surface area contributed by atoms with Gasteiger partial charge < -0.3 is 10.6 Å². The summed E-state index contributed by atoms with van der Waals surface area (Å²) in [5, 5.41) is 16.8. The van der Waals surface area contributed by atoms with Crippen LogP contribution in [0.3, 0.4) is 0 Å². The molecule has 118 valence electrons. The molecule has 0 bridgehead atoms. The lowest BCUT2D eigenvalue weighted by atomic mass is 10.2. The Hall–Kier alpha value is -1.99. The van der Waals surface area contributed by atoms with E-state index in [4.69, 9.17) is 0 Å². The molecule has 0 fully saturated rings. The van der Waals surface area contributed by atoms with Crippen molar-refractivity contribution in [3.8, 4) is 0 Å². The molecular weight excluding hydrogens is 287 g/mol. The van der Waals surface area contributed by atoms with Crippen molar-refractivity contribution in [2.24, 2.45) is 0 Å². The molecule has 0 spiro atoms. The van der Waals surface area contributed by atoms with E-state index in [0.29, 0.717) is 24.3 Å². The van der Waals surface area contributed by atoms with Crippen molar-refractivity contribution in [1.82, 2.24) is 0 Å². The Bertz CT molecular complexity index is 478. The molecule has 2 N–H and O–H groups in total. The van der Waals surface area contributed by atoms with Crippen molar-refractivity contribution < 1.29 is 18.1 Å². The Kier molecular flexibility index (Phi) is 6.26. The van der Waals surface area contributed by atoms with E-state index in [2.05, 4.69) is 10.6 Å². The first-order valence-electron chi connectivity index (χ1n) is 6.67. The highest BCUT2D eigenvalue weighted by molar-refractivity contribution is 5.76. The predicted octanol–water partition coefficient (Wildman–Crippen LogP) is 4.17. The summed E-state index contributed by atoms with van der Waals surface area (Å²) in [5.41, 5.74) is 0.614. The number of hydrogen-bond donors (Lipinski definition) is 2. The first kappa shape index (κ1) is 17.1. The van der Waals surface area contributed by atoms with Crippen LogP contribution in [-0.4, -0.2) is 24.2 Å². The molecule has 0 saturated heterocycles. The molecule has 0 unspecified atom stereocenters. The number of nitro benzene ring substituents is 1. The largest absolute Gasteiger partial charge is 0.389 e. The molecule has 21 heavy (non-hydrogen) atoms. The zero-order valence-electron chi connectivity index (χ0n) is 11.7. The fourth-order valence-corrected chi connectivity index (χ4v) is 1.89. The molecule has 1 aromatic carbocycles. The first-order chi connectivity index (χ1) is 9.85. The van der Waals surface area contributed by atoms with Gasteiger partial charge >= 0.3 is 11.9 Å². The number of nitro groups is 1. The van der Waals surface area contributed by atoms with Gasteiger partial charge in [0.05, 0.1) is 4.92 Å². The average Bonchev–Trinajstić information content (AvgIpc) is 2.37. The summed E-state index contributed by atoms with van der Waals surface area (Å²) in [4.78, 5) is 10.6. The normalized spacial score (nSPS) is 11.2. The second-order valence-corrected chi connectivity index (χ2v) is 4.49. The molecule has 0 radical (unpaired) electrons. The van der Waals surface area contributed by atoms with Gasteiger partial charge in [0.25, 0.3) is 0 Å². The van der Waals surface area contributed by atoms with Crippen molar-refractivity contribution >= 4 is 17.1 Å². The van der Waals surface area contributed by atoms with E-state index in [1.807, 2.05) is 6.92 Å². The van der Waals surface area contributed by atoms with Gasteiger partial charge in [-0.05, 0) is 31.9 Å². The van der Waals surface area contributed by atoms with E-state index < -0.39 is 17.5 Å². The minimum Gasteiger partial charge on any atom is -0.380 e. The number of unbranched alkanes of at least 4 members (excludes halogenated alkanes) is 1. The third-order valence-electron chi connectivity index (χ3n) is 2.79. The highest BCUT2D eigenvalue weighted by atomic mass is 19.4. The molecule has 0 heterocycles. The van der Waals surface area contributed by atoms with Gasteiger partial charge in [0, 0.05) is 19.5 Å². The number of rotatable bonds is 8. The molecule has 1 rings (SSSR count). The molecular formula is C13H18F3N3O2. The molecule has 5 nitrogen and oxygen atoms in total. The summed E-state index contributed by atoms with van der Waals surface area (Å²) in [6.07, 6.45) is -4.70.